The van der Waals surface area contributed by atoms with Crippen molar-refractivity contribution >= 4 is 36.4 Å². The molecule has 186 valence electrons. The fraction of sp³-hybridized carbons (Fsp3) is 0.143. The average molecular weight is 521 g/mol. The average Bonchev–Trinajstić information content (AvgIpc) is 3.53. The van der Waals surface area contributed by atoms with E-state index < -0.39 is 0 Å². The minimum absolute atomic E-state index is 0. The largest absolute Gasteiger partial charge is 0.365 e. The normalized spacial score (nSPS) is 10.3. The van der Waals surface area contributed by atoms with Gasteiger partial charge in [-0.15, -0.1) is 24.8 Å². The van der Waals surface area contributed by atoms with Gasteiger partial charge in [-0.3, -0.25) is 10.2 Å². The third-order valence-corrected chi connectivity index (χ3v) is 5.85. The Morgan fingerprint density at radius 3 is 1.28 bits per heavy atom. The van der Waals surface area contributed by atoms with Crippen LogP contribution in [0.4, 0.5) is 11.6 Å². The lowest BCUT2D eigenvalue weighted by molar-refractivity contribution is 1.04. The minimum atomic E-state index is 0. The van der Waals surface area contributed by atoms with Crippen LogP contribution in [0.2, 0.25) is 0 Å². The molecule has 5 rings (SSSR count). The summed E-state index contributed by atoms with van der Waals surface area (Å²) in [7, 11) is 0. The summed E-state index contributed by atoms with van der Waals surface area (Å²) in [6.45, 7) is 5.60. The van der Waals surface area contributed by atoms with Crippen molar-refractivity contribution in [2.45, 2.75) is 26.9 Å². The lowest BCUT2D eigenvalue weighted by Crippen LogP contribution is -2.02. The topological polar surface area (TPSA) is 81.4 Å². The Labute approximate surface area is 223 Å². The minimum Gasteiger partial charge on any atom is -0.365 e. The Bertz CT molecular complexity index is 1250. The number of hydrogen-bond donors (Lipinski definition) is 4. The van der Waals surface area contributed by atoms with Gasteiger partial charge in [-0.1, -0.05) is 83.9 Å². The van der Waals surface area contributed by atoms with Gasteiger partial charge in [0, 0.05) is 25.2 Å². The first kappa shape index (κ1) is 26.9. The van der Waals surface area contributed by atoms with Gasteiger partial charge in [0.2, 0.25) is 0 Å². The van der Waals surface area contributed by atoms with E-state index in [0.29, 0.717) is 13.1 Å². The zero-order valence-electron chi connectivity index (χ0n) is 20.2. The standard InChI is InChI=1S/C28H28N6.2ClH/c1-19-3-11-23(12-4-19)25-15-27(33-31-25)29-17-21-7-9-22(10-8-21)18-30-28-16-26(32-34-28)24-13-5-20(2)6-14-24;;/h3-16H,17-18H2,1-2H3,(H2,29,31,33)(H2,30,32,34);2*1H. The van der Waals surface area contributed by atoms with Crippen LogP contribution in [0.25, 0.3) is 22.5 Å². The van der Waals surface area contributed by atoms with E-state index in [2.05, 4.69) is 118 Å². The van der Waals surface area contributed by atoms with Gasteiger partial charge in [0.25, 0.3) is 0 Å². The van der Waals surface area contributed by atoms with Crippen molar-refractivity contribution in [3.63, 3.8) is 0 Å². The number of halogens is 2. The van der Waals surface area contributed by atoms with E-state index in [1.165, 1.54) is 22.3 Å². The fourth-order valence-electron chi connectivity index (χ4n) is 3.75. The number of aromatic amines is 2. The van der Waals surface area contributed by atoms with Gasteiger partial charge in [-0.25, -0.2) is 0 Å². The Hall–Kier alpha value is -3.74. The molecule has 2 aromatic heterocycles. The monoisotopic (exact) mass is 520 g/mol. The van der Waals surface area contributed by atoms with E-state index in [4.69, 9.17) is 0 Å². The summed E-state index contributed by atoms with van der Waals surface area (Å²) in [6, 6.07) is 29.5. The van der Waals surface area contributed by atoms with Crippen LogP contribution in [0.15, 0.2) is 84.9 Å². The number of benzene rings is 3. The summed E-state index contributed by atoms with van der Waals surface area (Å²) in [5, 5.41) is 21.8. The molecule has 0 saturated carbocycles. The van der Waals surface area contributed by atoms with Crippen LogP contribution in [0.1, 0.15) is 22.3 Å². The second-order valence-electron chi connectivity index (χ2n) is 8.59. The van der Waals surface area contributed by atoms with Crippen LogP contribution in [-0.4, -0.2) is 20.4 Å². The maximum absolute atomic E-state index is 4.38. The number of nitrogens with zero attached hydrogens (tertiary/aromatic N) is 2. The van der Waals surface area contributed by atoms with Crippen molar-refractivity contribution in [1.82, 2.24) is 20.4 Å². The molecule has 0 spiro atoms. The van der Waals surface area contributed by atoms with Crippen LogP contribution < -0.4 is 10.6 Å². The molecule has 8 heteroatoms. The molecule has 0 atom stereocenters. The lowest BCUT2D eigenvalue weighted by Gasteiger charge is -2.06. The highest BCUT2D eigenvalue weighted by Gasteiger charge is 2.05. The third-order valence-electron chi connectivity index (χ3n) is 5.85. The maximum atomic E-state index is 4.38. The van der Waals surface area contributed by atoms with Crippen molar-refractivity contribution in [3.05, 3.63) is 107 Å². The van der Waals surface area contributed by atoms with Crippen LogP contribution in [-0.2, 0) is 13.1 Å². The van der Waals surface area contributed by atoms with Crippen LogP contribution in [0, 0.1) is 13.8 Å². The summed E-state index contributed by atoms with van der Waals surface area (Å²) < 4.78 is 0. The summed E-state index contributed by atoms with van der Waals surface area (Å²) in [4.78, 5) is 0. The molecule has 0 fully saturated rings. The molecule has 0 saturated heterocycles. The van der Waals surface area contributed by atoms with Crippen molar-refractivity contribution < 1.29 is 0 Å². The fourth-order valence-corrected chi connectivity index (χ4v) is 3.75. The van der Waals surface area contributed by atoms with Crippen LogP contribution in [0.5, 0.6) is 0 Å². The molecule has 6 nitrogen and oxygen atoms in total. The van der Waals surface area contributed by atoms with Crippen molar-refractivity contribution in [2.75, 3.05) is 10.6 Å². The SMILES string of the molecule is Cc1ccc(-c2cc(NCc3ccc(CNc4cc(-c5ccc(C)cc5)[nH]n4)cc3)n[nH]2)cc1.Cl.Cl. The van der Waals surface area contributed by atoms with Gasteiger partial charge >= 0.3 is 0 Å². The molecule has 3 aromatic carbocycles. The molecule has 36 heavy (non-hydrogen) atoms. The number of hydrogen-bond acceptors (Lipinski definition) is 4. The zero-order chi connectivity index (χ0) is 23.3. The van der Waals surface area contributed by atoms with Crippen molar-refractivity contribution in [3.8, 4) is 22.5 Å². The highest BCUT2D eigenvalue weighted by Crippen LogP contribution is 2.22. The van der Waals surface area contributed by atoms with Crippen molar-refractivity contribution in [1.29, 1.82) is 0 Å². The molecular weight excluding hydrogens is 491 g/mol. The first-order chi connectivity index (χ1) is 16.6. The van der Waals surface area contributed by atoms with Gasteiger partial charge in [0.15, 0.2) is 0 Å². The highest BCUT2D eigenvalue weighted by molar-refractivity contribution is 5.85. The van der Waals surface area contributed by atoms with Crippen LogP contribution in [0.3, 0.4) is 0 Å². The molecular formula is C28H30Cl2N6. The molecule has 0 radical (unpaired) electrons. The predicted molar refractivity (Wildman–Crippen MR) is 153 cm³/mol. The summed E-state index contributed by atoms with van der Waals surface area (Å²) in [5.74, 6) is 1.67. The molecule has 0 aliphatic carbocycles. The number of aryl methyl sites for hydroxylation is 2. The number of nitrogens with one attached hydrogen (secondary N) is 4. The summed E-state index contributed by atoms with van der Waals surface area (Å²) >= 11 is 0. The quantitative estimate of drug-likeness (QED) is 0.175. The molecule has 2 heterocycles. The smallest absolute Gasteiger partial charge is 0.148 e. The van der Waals surface area contributed by atoms with Gasteiger partial charge in [0.1, 0.15) is 11.6 Å². The van der Waals surface area contributed by atoms with E-state index in [9.17, 15) is 0 Å². The Balaban J connectivity index is 0.00000180. The Morgan fingerprint density at radius 2 is 0.917 bits per heavy atom. The molecule has 0 aliphatic rings. The number of anilines is 2. The predicted octanol–water partition coefficient (Wildman–Crippen LogP) is 7.15. The molecule has 0 aliphatic heterocycles. The zero-order valence-corrected chi connectivity index (χ0v) is 21.8. The first-order valence-corrected chi connectivity index (χ1v) is 11.4. The van der Waals surface area contributed by atoms with E-state index in [-0.39, 0.29) is 24.8 Å². The molecule has 5 aromatic rings. The number of H-pyrrole nitrogens is 2. The van der Waals surface area contributed by atoms with Gasteiger partial charge < -0.3 is 10.6 Å². The Kier molecular flexibility index (Phi) is 9.17. The molecule has 0 unspecified atom stereocenters. The highest BCUT2D eigenvalue weighted by atomic mass is 35.5. The van der Waals surface area contributed by atoms with E-state index in [1.807, 2.05) is 12.1 Å². The number of aromatic nitrogens is 4. The van der Waals surface area contributed by atoms with Crippen molar-refractivity contribution in [2.24, 2.45) is 0 Å². The van der Waals surface area contributed by atoms with E-state index >= 15 is 0 Å². The second kappa shape index (κ2) is 12.3. The molecule has 0 amide bonds. The maximum Gasteiger partial charge on any atom is 0.148 e. The van der Waals surface area contributed by atoms with E-state index in [0.717, 1.165) is 34.2 Å². The van der Waals surface area contributed by atoms with E-state index in [1.54, 1.807) is 0 Å². The summed E-state index contributed by atoms with van der Waals surface area (Å²) in [6.07, 6.45) is 0. The van der Waals surface area contributed by atoms with Gasteiger partial charge in [0.05, 0.1) is 11.4 Å². The third kappa shape index (κ3) is 6.68. The van der Waals surface area contributed by atoms with Gasteiger partial charge in [-0.05, 0) is 36.1 Å². The second-order valence-corrected chi connectivity index (χ2v) is 8.59. The molecule has 0 bridgehead atoms. The molecule has 4 N–H and O–H groups in total. The lowest BCUT2D eigenvalue weighted by atomic mass is 10.1. The first-order valence-electron chi connectivity index (χ1n) is 11.4. The Morgan fingerprint density at radius 1 is 0.556 bits per heavy atom. The summed E-state index contributed by atoms with van der Waals surface area (Å²) in [5.41, 5.74) is 9.17. The number of rotatable bonds is 8. The van der Waals surface area contributed by atoms with Crippen LogP contribution >= 0.6 is 24.8 Å². The van der Waals surface area contributed by atoms with Gasteiger partial charge in [-0.2, -0.15) is 10.2 Å².